The Bertz CT molecular complexity index is 630. The summed E-state index contributed by atoms with van der Waals surface area (Å²) in [7, 11) is 1.31. The Morgan fingerprint density at radius 2 is 2.32 bits per heavy atom. The van der Waals surface area contributed by atoms with Gasteiger partial charge in [0.15, 0.2) is 0 Å². The van der Waals surface area contributed by atoms with E-state index in [9.17, 15) is 4.79 Å². The van der Waals surface area contributed by atoms with Crippen molar-refractivity contribution in [2.75, 3.05) is 7.11 Å². The Kier molecular flexibility index (Phi) is 4.93. The van der Waals surface area contributed by atoms with Crippen molar-refractivity contribution < 1.29 is 9.53 Å². The second-order valence-electron chi connectivity index (χ2n) is 4.02. The Morgan fingerprint density at radius 1 is 1.58 bits per heavy atom. The lowest BCUT2D eigenvalue weighted by Crippen LogP contribution is -2.33. The van der Waals surface area contributed by atoms with E-state index < -0.39 is 12.0 Å². The van der Waals surface area contributed by atoms with E-state index in [-0.39, 0.29) is 12.4 Å². The molecule has 100 valence electrons. The van der Waals surface area contributed by atoms with Crippen LogP contribution in [0.4, 0.5) is 0 Å². The molecule has 0 saturated heterocycles. The molecular weight excluding hydrogens is 266 g/mol. The van der Waals surface area contributed by atoms with E-state index in [4.69, 9.17) is 11.0 Å². The third kappa shape index (κ3) is 3.05. The van der Waals surface area contributed by atoms with Crippen LogP contribution in [0.1, 0.15) is 11.1 Å². The first-order valence-electron chi connectivity index (χ1n) is 5.49. The van der Waals surface area contributed by atoms with Gasteiger partial charge in [-0.1, -0.05) is 0 Å². The molecule has 3 N–H and O–H groups in total. The van der Waals surface area contributed by atoms with Crippen LogP contribution in [0.25, 0.3) is 10.9 Å². The lowest BCUT2D eigenvalue weighted by atomic mass is 10.0. The van der Waals surface area contributed by atoms with Gasteiger partial charge in [0.1, 0.15) is 6.04 Å². The van der Waals surface area contributed by atoms with Crippen molar-refractivity contribution in [1.29, 1.82) is 5.26 Å². The normalized spacial score (nSPS) is 11.4. The van der Waals surface area contributed by atoms with E-state index in [1.807, 2.05) is 6.07 Å². The SMILES string of the molecule is COC(=O)[C@@H](N)Cc1c[nH]c2ccc(C#N)cc12.Cl. The molecule has 5 nitrogen and oxygen atoms in total. The number of carbonyl (C=O) groups excluding carboxylic acids is 1. The Morgan fingerprint density at radius 3 is 2.95 bits per heavy atom. The molecule has 0 saturated carbocycles. The molecule has 0 amide bonds. The van der Waals surface area contributed by atoms with Crippen LogP contribution in [0.3, 0.4) is 0 Å². The van der Waals surface area contributed by atoms with Crippen molar-refractivity contribution in [3.05, 3.63) is 35.5 Å². The molecule has 0 aliphatic carbocycles. The molecule has 0 radical (unpaired) electrons. The molecule has 0 fully saturated rings. The van der Waals surface area contributed by atoms with E-state index >= 15 is 0 Å². The summed E-state index contributed by atoms with van der Waals surface area (Å²) >= 11 is 0. The summed E-state index contributed by atoms with van der Waals surface area (Å²) in [5, 5.41) is 9.79. The zero-order chi connectivity index (χ0) is 13.1. The minimum atomic E-state index is -0.695. The number of nitrogens with zero attached hydrogens (tertiary/aromatic N) is 1. The van der Waals surface area contributed by atoms with Crippen LogP contribution in [0, 0.1) is 11.3 Å². The number of fused-ring (bicyclic) bond motifs is 1. The highest BCUT2D eigenvalue weighted by Crippen LogP contribution is 2.20. The summed E-state index contributed by atoms with van der Waals surface area (Å²) in [6.45, 7) is 0. The predicted octanol–water partition coefficient (Wildman–Crippen LogP) is 1.50. The van der Waals surface area contributed by atoms with Crippen molar-refractivity contribution in [2.45, 2.75) is 12.5 Å². The minimum absolute atomic E-state index is 0. The van der Waals surface area contributed by atoms with Crippen molar-refractivity contribution in [1.82, 2.24) is 4.98 Å². The van der Waals surface area contributed by atoms with Gasteiger partial charge in [0, 0.05) is 23.5 Å². The molecule has 6 heteroatoms. The van der Waals surface area contributed by atoms with Crippen LogP contribution in [-0.4, -0.2) is 24.1 Å². The average molecular weight is 280 g/mol. The number of nitrogens with two attached hydrogens (primary N) is 1. The third-order valence-electron chi connectivity index (χ3n) is 2.84. The summed E-state index contributed by atoms with van der Waals surface area (Å²) in [5.74, 6) is -0.444. The van der Waals surface area contributed by atoms with Gasteiger partial charge in [-0.25, -0.2) is 0 Å². The van der Waals surface area contributed by atoms with Crippen LogP contribution in [0.15, 0.2) is 24.4 Å². The van der Waals surface area contributed by atoms with Gasteiger partial charge in [-0.3, -0.25) is 4.79 Å². The summed E-state index contributed by atoms with van der Waals surface area (Å²) < 4.78 is 4.59. The third-order valence-corrected chi connectivity index (χ3v) is 2.84. The van der Waals surface area contributed by atoms with Gasteiger partial charge in [0.2, 0.25) is 0 Å². The fourth-order valence-electron chi connectivity index (χ4n) is 1.89. The van der Waals surface area contributed by atoms with Crippen molar-refractivity contribution in [2.24, 2.45) is 5.73 Å². The van der Waals surface area contributed by atoms with E-state index in [0.717, 1.165) is 16.5 Å². The fourth-order valence-corrected chi connectivity index (χ4v) is 1.89. The number of aromatic amines is 1. The second-order valence-corrected chi connectivity index (χ2v) is 4.02. The number of esters is 1. The quantitative estimate of drug-likeness (QED) is 0.833. The molecule has 0 aliphatic heterocycles. The minimum Gasteiger partial charge on any atom is -0.468 e. The van der Waals surface area contributed by atoms with E-state index in [2.05, 4.69) is 15.8 Å². The molecule has 2 rings (SSSR count). The topological polar surface area (TPSA) is 91.9 Å². The number of carbonyl (C=O) groups is 1. The molecular formula is C13H14ClN3O2. The van der Waals surface area contributed by atoms with Crippen molar-refractivity contribution in [3.63, 3.8) is 0 Å². The predicted molar refractivity (Wildman–Crippen MR) is 74.0 cm³/mol. The van der Waals surface area contributed by atoms with Gasteiger partial charge in [0.25, 0.3) is 0 Å². The zero-order valence-corrected chi connectivity index (χ0v) is 11.2. The van der Waals surface area contributed by atoms with Crippen LogP contribution in [0.2, 0.25) is 0 Å². The highest BCUT2D eigenvalue weighted by atomic mass is 35.5. The fraction of sp³-hybridized carbons (Fsp3) is 0.231. The number of ether oxygens (including phenoxy) is 1. The highest BCUT2D eigenvalue weighted by molar-refractivity contribution is 5.86. The van der Waals surface area contributed by atoms with Gasteiger partial charge in [-0.2, -0.15) is 5.26 Å². The molecule has 1 aromatic carbocycles. The lowest BCUT2D eigenvalue weighted by Gasteiger charge is -2.08. The van der Waals surface area contributed by atoms with E-state index in [1.54, 1.807) is 18.3 Å². The van der Waals surface area contributed by atoms with Crippen LogP contribution >= 0.6 is 12.4 Å². The van der Waals surface area contributed by atoms with Gasteiger partial charge in [-0.05, 0) is 23.8 Å². The number of halogens is 1. The number of aromatic nitrogens is 1. The van der Waals surface area contributed by atoms with E-state index in [0.29, 0.717) is 12.0 Å². The molecule has 0 spiro atoms. The van der Waals surface area contributed by atoms with Crippen LogP contribution < -0.4 is 5.73 Å². The van der Waals surface area contributed by atoms with Crippen LogP contribution in [0.5, 0.6) is 0 Å². The molecule has 1 aromatic heterocycles. The second kappa shape index (κ2) is 6.23. The summed E-state index contributed by atoms with van der Waals surface area (Å²) in [4.78, 5) is 14.4. The molecule has 19 heavy (non-hydrogen) atoms. The monoisotopic (exact) mass is 279 g/mol. The summed E-state index contributed by atoms with van der Waals surface area (Å²) in [5.41, 5.74) is 8.13. The number of hydrogen-bond acceptors (Lipinski definition) is 4. The highest BCUT2D eigenvalue weighted by Gasteiger charge is 2.16. The average Bonchev–Trinajstić information content (AvgIpc) is 2.80. The van der Waals surface area contributed by atoms with Gasteiger partial charge in [0.05, 0.1) is 18.7 Å². The number of benzene rings is 1. The van der Waals surface area contributed by atoms with Gasteiger partial charge < -0.3 is 15.5 Å². The first kappa shape index (κ1) is 15.0. The standard InChI is InChI=1S/C13H13N3O2.ClH/c1-18-13(17)11(15)5-9-7-16-12-3-2-8(6-14)4-10(9)12;/h2-4,7,11,16H,5,15H2,1H3;1H/t11-;/m0./s1. The van der Waals surface area contributed by atoms with Crippen LogP contribution in [-0.2, 0) is 16.0 Å². The number of H-pyrrole nitrogens is 1. The first-order chi connectivity index (χ1) is 8.65. The maximum atomic E-state index is 11.3. The largest absolute Gasteiger partial charge is 0.468 e. The molecule has 2 aromatic rings. The van der Waals surface area contributed by atoms with Gasteiger partial charge in [-0.15, -0.1) is 12.4 Å². The maximum Gasteiger partial charge on any atom is 0.322 e. The van der Waals surface area contributed by atoms with E-state index in [1.165, 1.54) is 7.11 Å². The number of methoxy groups -OCH3 is 1. The van der Waals surface area contributed by atoms with Crippen molar-refractivity contribution >= 4 is 29.3 Å². The Balaban J connectivity index is 0.00000180. The number of rotatable bonds is 3. The lowest BCUT2D eigenvalue weighted by molar-refractivity contribution is -0.142. The zero-order valence-electron chi connectivity index (χ0n) is 10.3. The number of hydrogen-bond donors (Lipinski definition) is 2. The Labute approximate surface area is 116 Å². The molecule has 1 heterocycles. The van der Waals surface area contributed by atoms with Crippen molar-refractivity contribution in [3.8, 4) is 6.07 Å². The smallest absolute Gasteiger partial charge is 0.322 e. The maximum absolute atomic E-state index is 11.3. The molecule has 1 atom stereocenters. The molecule has 0 unspecified atom stereocenters. The summed E-state index contributed by atoms with van der Waals surface area (Å²) in [6.07, 6.45) is 2.18. The molecule has 0 aliphatic rings. The summed E-state index contributed by atoms with van der Waals surface area (Å²) in [6, 6.07) is 6.75. The number of nitriles is 1. The Hall–Kier alpha value is -2.03. The molecule has 0 bridgehead atoms. The van der Waals surface area contributed by atoms with Gasteiger partial charge >= 0.3 is 5.97 Å². The first-order valence-corrected chi connectivity index (χ1v) is 5.49. The number of nitrogens with one attached hydrogen (secondary N) is 1.